The predicted octanol–water partition coefficient (Wildman–Crippen LogP) is 4.75. The Labute approximate surface area is 194 Å². The van der Waals surface area contributed by atoms with Crippen molar-refractivity contribution >= 4 is 12.0 Å². The smallest absolute Gasteiger partial charge is 0.408 e. The van der Waals surface area contributed by atoms with Gasteiger partial charge in [-0.05, 0) is 86.5 Å². The lowest BCUT2D eigenvalue weighted by molar-refractivity contribution is -0.290. The number of piperidine rings is 1. The zero-order chi connectivity index (χ0) is 24.5. The number of amides is 2. The number of hydrogen-bond acceptors (Lipinski definition) is 4. The Balaban J connectivity index is 2.05. The summed E-state index contributed by atoms with van der Waals surface area (Å²) in [5.74, 6) is 0.399. The molecule has 0 aromatic carbocycles. The van der Waals surface area contributed by atoms with Gasteiger partial charge >= 0.3 is 6.09 Å². The van der Waals surface area contributed by atoms with Gasteiger partial charge in [0, 0.05) is 17.1 Å². The van der Waals surface area contributed by atoms with Crippen LogP contribution in [0.2, 0.25) is 0 Å². The molecule has 1 aliphatic heterocycles. The number of hydroxylamine groups is 2. The average molecular weight is 451 g/mol. The van der Waals surface area contributed by atoms with Crippen LogP contribution in [0.4, 0.5) is 4.79 Å². The van der Waals surface area contributed by atoms with Crippen molar-refractivity contribution in [2.24, 2.45) is 11.3 Å². The van der Waals surface area contributed by atoms with Gasteiger partial charge in [0.1, 0.15) is 5.60 Å². The minimum absolute atomic E-state index is 0.0188. The van der Waals surface area contributed by atoms with Crippen LogP contribution >= 0.6 is 0 Å². The Morgan fingerprint density at radius 1 is 1.09 bits per heavy atom. The van der Waals surface area contributed by atoms with E-state index in [0.29, 0.717) is 18.8 Å². The van der Waals surface area contributed by atoms with Gasteiger partial charge in [0.25, 0.3) is 0 Å². The highest BCUT2D eigenvalue weighted by atomic mass is 16.6. The summed E-state index contributed by atoms with van der Waals surface area (Å²) >= 11 is 0. The molecule has 1 saturated carbocycles. The highest BCUT2D eigenvalue weighted by Crippen LogP contribution is 2.48. The van der Waals surface area contributed by atoms with Crippen LogP contribution in [0.15, 0.2) is 12.2 Å². The second-order valence-electron chi connectivity index (χ2n) is 12.4. The molecule has 2 N–H and O–H groups in total. The largest absolute Gasteiger partial charge is 0.444 e. The molecule has 2 aliphatic rings. The molecule has 1 radical (unpaired) electrons. The zero-order valence-electron chi connectivity index (χ0n) is 21.5. The maximum absolute atomic E-state index is 13.2. The molecule has 183 valence electrons. The van der Waals surface area contributed by atoms with Gasteiger partial charge in [-0.2, -0.15) is 0 Å². The first-order valence-electron chi connectivity index (χ1n) is 11.9. The highest BCUT2D eigenvalue weighted by Gasteiger charge is 2.51. The van der Waals surface area contributed by atoms with E-state index in [1.807, 2.05) is 60.6 Å². The van der Waals surface area contributed by atoms with E-state index < -0.39 is 28.2 Å². The monoisotopic (exact) mass is 450 g/mol. The summed E-state index contributed by atoms with van der Waals surface area (Å²) in [5.41, 5.74) is -2.12. The van der Waals surface area contributed by atoms with Gasteiger partial charge in [0.05, 0.1) is 11.5 Å². The van der Waals surface area contributed by atoms with E-state index in [-0.39, 0.29) is 18.0 Å². The summed E-state index contributed by atoms with van der Waals surface area (Å²) in [6.07, 6.45) is 7.07. The molecule has 1 heterocycles. The number of hydrogen-bond donors (Lipinski definition) is 2. The first kappa shape index (κ1) is 26.7. The molecule has 0 aromatic heterocycles. The summed E-state index contributed by atoms with van der Waals surface area (Å²) in [4.78, 5) is 25.4. The van der Waals surface area contributed by atoms with Gasteiger partial charge in [-0.15, -0.1) is 10.3 Å². The Morgan fingerprint density at radius 2 is 1.62 bits per heavy atom. The van der Waals surface area contributed by atoms with Crippen molar-refractivity contribution in [3.63, 3.8) is 0 Å². The second kappa shape index (κ2) is 9.34. The molecule has 2 rings (SSSR count). The number of nitrogens with one attached hydrogen (secondary N) is 2. The van der Waals surface area contributed by atoms with Crippen LogP contribution in [0.25, 0.3) is 0 Å². The van der Waals surface area contributed by atoms with Gasteiger partial charge in [0.2, 0.25) is 5.91 Å². The number of rotatable bonds is 7. The predicted molar refractivity (Wildman–Crippen MR) is 125 cm³/mol. The van der Waals surface area contributed by atoms with Crippen molar-refractivity contribution in [3.05, 3.63) is 12.2 Å². The zero-order valence-corrected chi connectivity index (χ0v) is 21.5. The van der Waals surface area contributed by atoms with Crippen LogP contribution in [0.1, 0.15) is 94.4 Å². The van der Waals surface area contributed by atoms with Crippen molar-refractivity contribution < 1.29 is 19.5 Å². The Morgan fingerprint density at radius 3 is 2.06 bits per heavy atom. The topological polar surface area (TPSA) is 90.6 Å². The molecular weight excluding hydrogens is 406 g/mol. The quantitative estimate of drug-likeness (QED) is 0.548. The average Bonchev–Trinajstić information content (AvgIpc) is 3.36. The van der Waals surface area contributed by atoms with Crippen molar-refractivity contribution in [1.29, 1.82) is 0 Å². The molecule has 0 spiro atoms. The van der Waals surface area contributed by atoms with Crippen molar-refractivity contribution in [3.8, 4) is 0 Å². The fourth-order valence-electron chi connectivity index (χ4n) is 4.75. The molecule has 2 amide bonds. The van der Waals surface area contributed by atoms with Gasteiger partial charge < -0.3 is 15.4 Å². The standard InChI is InChI=1S/C25H44N3O4/c1-17(2)14-18(27-21(30)32-22(3,4)5)10-11-25(12-13-25)20(29)26-19-15-23(6,7)28(31)24(8,9)16-19/h10-11,17-19H,12-16H2,1-9H3,(H,26,29)(H,27,30)/b11-10+/t18-/m1/s1. The first-order valence-corrected chi connectivity index (χ1v) is 11.9. The van der Waals surface area contributed by atoms with Gasteiger partial charge in [-0.25, -0.2) is 4.79 Å². The van der Waals surface area contributed by atoms with Gasteiger partial charge in [-0.3, -0.25) is 4.79 Å². The maximum Gasteiger partial charge on any atom is 0.408 e. The molecule has 0 unspecified atom stereocenters. The number of carbonyl (C=O) groups excluding carboxylic acids is 2. The second-order valence-corrected chi connectivity index (χ2v) is 12.4. The number of carbonyl (C=O) groups is 2. The normalized spacial score (nSPS) is 23.7. The van der Waals surface area contributed by atoms with Crippen molar-refractivity contribution in [2.45, 2.75) is 123 Å². The maximum atomic E-state index is 13.2. The summed E-state index contributed by atoms with van der Waals surface area (Å²) in [7, 11) is 0. The molecule has 2 fully saturated rings. The van der Waals surface area contributed by atoms with Gasteiger partial charge in [0.15, 0.2) is 0 Å². The minimum atomic E-state index is -0.561. The van der Waals surface area contributed by atoms with E-state index in [1.54, 1.807) is 0 Å². The summed E-state index contributed by atoms with van der Waals surface area (Å²) in [5, 5.41) is 19.9. The number of ether oxygens (including phenoxy) is 1. The Bertz CT molecular complexity index is 699. The first-order chi connectivity index (χ1) is 14.5. The third-order valence-electron chi connectivity index (χ3n) is 6.24. The lowest BCUT2D eigenvalue weighted by Crippen LogP contribution is -2.62. The van der Waals surface area contributed by atoms with E-state index in [0.717, 1.165) is 19.3 Å². The third kappa shape index (κ3) is 7.20. The molecule has 7 heteroatoms. The van der Waals surface area contributed by atoms with E-state index in [2.05, 4.69) is 24.5 Å². The van der Waals surface area contributed by atoms with Crippen LogP contribution in [0.5, 0.6) is 0 Å². The third-order valence-corrected chi connectivity index (χ3v) is 6.24. The fourth-order valence-corrected chi connectivity index (χ4v) is 4.75. The molecule has 1 atom stereocenters. The molecule has 1 saturated heterocycles. The summed E-state index contributed by atoms with van der Waals surface area (Å²) < 4.78 is 5.40. The molecule has 0 aromatic rings. The lowest BCUT2D eigenvalue weighted by atomic mass is 9.78. The minimum Gasteiger partial charge on any atom is -0.444 e. The molecule has 1 aliphatic carbocycles. The number of alkyl carbamates (subject to hydrolysis) is 1. The highest BCUT2D eigenvalue weighted by molar-refractivity contribution is 5.87. The fraction of sp³-hybridized carbons (Fsp3) is 0.840. The van der Waals surface area contributed by atoms with Crippen LogP contribution < -0.4 is 10.6 Å². The summed E-state index contributed by atoms with van der Waals surface area (Å²) in [6.45, 7) is 17.5. The van der Waals surface area contributed by atoms with Crippen molar-refractivity contribution in [1.82, 2.24) is 15.7 Å². The van der Waals surface area contributed by atoms with Gasteiger partial charge in [-0.1, -0.05) is 26.0 Å². The van der Waals surface area contributed by atoms with E-state index >= 15 is 0 Å². The van der Waals surface area contributed by atoms with Crippen LogP contribution in [-0.2, 0) is 14.7 Å². The summed E-state index contributed by atoms with van der Waals surface area (Å²) in [6, 6.07) is -0.230. The molecular formula is C25H44N3O4. The Kier molecular flexibility index (Phi) is 7.77. The van der Waals surface area contributed by atoms with E-state index in [4.69, 9.17) is 4.74 Å². The number of nitrogens with zero attached hydrogens (tertiary/aromatic N) is 1. The van der Waals surface area contributed by atoms with Crippen molar-refractivity contribution in [2.75, 3.05) is 0 Å². The molecule has 0 bridgehead atoms. The van der Waals surface area contributed by atoms with E-state index in [1.165, 1.54) is 5.06 Å². The Hall–Kier alpha value is -1.60. The van der Waals surface area contributed by atoms with E-state index in [9.17, 15) is 14.8 Å². The SMILES string of the molecule is CC(C)C[C@@H](/C=C/C1(C(=O)NC2CC(C)(C)N([O])C(C)(C)C2)CC1)NC(=O)OC(C)(C)C. The lowest BCUT2D eigenvalue weighted by Gasteiger charge is -2.50. The van der Waals surface area contributed by atoms with Crippen LogP contribution in [0, 0.1) is 11.3 Å². The molecule has 32 heavy (non-hydrogen) atoms. The van der Waals surface area contributed by atoms with Crippen LogP contribution in [0.3, 0.4) is 0 Å². The molecule has 7 nitrogen and oxygen atoms in total. The van der Waals surface area contributed by atoms with Crippen LogP contribution in [-0.4, -0.2) is 45.8 Å².